The molecule has 14 heavy (non-hydrogen) atoms. The predicted molar refractivity (Wildman–Crippen MR) is 58.6 cm³/mol. The largest absolute Gasteiger partial charge is 0.359 e. The summed E-state index contributed by atoms with van der Waals surface area (Å²) in [6.07, 6.45) is 2.71. The minimum Gasteiger partial charge on any atom is -0.359 e. The lowest BCUT2D eigenvalue weighted by molar-refractivity contribution is -0.109. The summed E-state index contributed by atoms with van der Waals surface area (Å²) in [4.78, 5) is 14.4. The summed E-state index contributed by atoms with van der Waals surface area (Å²) >= 11 is 0. The van der Waals surface area contributed by atoms with Crippen LogP contribution in [0.1, 0.15) is 12.8 Å². The zero-order valence-corrected chi connectivity index (χ0v) is 9.13. The molecule has 0 spiro atoms. The number of hydrogen-bond donors (Lipinski definition) is 3. The second kappa shape index (κ2) is 8.50. The number of aliphatic imine (C=N–C) groups is 1. The minimum absolute atomic E-state index is 0.0339. The Morgan fingerprint density at radius 1 is 1.50 bits per heavy atom. The molecule has 0 amide bonds. The normalized spacial score (nSPS) is 13.5. The highest BCUT2D eigenvalue weighted by Crippen LogP contribution is 1.92. The third kappa shape index (κ3) is 5.53. The zero-order chi connectivity index (χ0) is 10.8. The maximum Gasteiger partial charge on any atom is 0.190 e. The SMILES string of the molecule is CN=C(NC)NCCC[C@@H](C=O)NC. The maximum atomic E-state index is 10.5. The van der Waals surface area contributed by atoms with Crippen LogP contribution < -0.4 is 16.0 Å². The smallest absolute Gasteiger partial charge is 0.190 e. The third-order valence-electron chi connectivity index (χ3n) is 1.98. The third-order valence-corrected chi connectivity index (χ3v) is 1.98. The first kappa shape index (κ1) is 12.9. The standard InChI is InChI=1S/C9H20N4O/c1-10-8(7-14)5-4-6-13-9(11-2)12-3/h7-8,10H,4-6H2,1-3H3,(H2,11,12,13)/t8-/m0/s1. The molecule has 0 bridgehead atoms. The van der Waals surface area contributed by atoms with Crippen molar-refractivity contribution in [2.45, 2.75) is 18.9 Å². The van der Waals surface area contributed by atoms with Crippen molar-refractivity contribution < 1.29 is 4.79 Å². The van der Waals surface area contributed by atoms with Crippen LogP contribution in [0.15, 0.2) is 4.99 Å². The van der Waals surface area contributed by atoms with E-state index < -0.39 is 0 Å². The van der Waals surface area contributed by atoms with Crippen molar-refractivity contribution in [2.24, 2.45) is 4.99 Å². The Morgan fingerprint density at radius 3 is 2.64 bits per heavy atom. The maximum absolute atomic E-state index is 10.5. The Morgan fingerprint density at radius 2 is 2.21 bits per heavy atom. The number of nitrogens with one attached hydrogen (secondary N) is 3. The lowest BCUT2D eigenvalue weighted by Gasteiger charge is -2.10. The van der Waals surface area contributed by atoms with E-state index in [0.717, 1.165) is 31.6 Å². The molecule has 5 heteroatoms. The van der Waals surface area contributed by atoms with Crippen molar-refractivity contribution in [3.63, 3.8) is 0 Å². The van der Waals surface area contributed by atoms with Gasteiger partial charge in [0.25, 0.3) is 0 Å². The Kier molecular flexibility index (Phi) is 7.83. The molecule has 0 aromatic rings. The average Bonchev–Trinajstić information content (AvgIpc) is 2.24. The van der Waals surface area contributed by atoms with Crippen molar-refractivity contribution in [3.05, 3.63) is 0 Å². The van der Waals surface area contributed by atoms with E-state index in [2.05, 4.69) is 20.9 Å². The van der Waals surface area contributed by atoms with E-state index in [4.69, 9.17) is 0 Å². The quantitative estimate of drug-likeness (QED) is 0.231. The highest BCUT2D eigenvalue weighted by atomic mass is 16.1. The number of aldehydes is 1. The van der Waals surface area contributed by atoms with E-state index in [9.17, 15) is 4.79 Å². The van der Waals surface area contributed by atoms with Gasteiger partial charge in [0.05, 0.1) is 6.04 Å². The first-order valence-corrected chi connectivity index (χ1v) is 4.79. The van der Waals surface area contributed by atoms with Crippen LogP contribution in [0.3, 0.4) is 0 Å². The lowest BCUT2D eigenvalue weighted by Crippen LogP contribution is -2.36. The molecule has 0 rings (SSSR count). The number of nitrogens with zero attached hydrogens (tertiary/aromatic N) is 1. The molecular formula is C9H20N4O. The fourth-order valence-corrected chi connectivity index (χ4v) is 1.09. The van der Waals surface area contributed by atoms with Crippen LogP contribution in [0, 0.1) is 0 Å². The Balaban J connectivity index is 3.50. The molecular weight excluding hydrogens is 180 g/mol. The van der Waals surface area contributed by atoms with Crippen molar-refractivity contribution in [2.75, 3.05) is 27.7 Å². The van der Waals surface area contributed by atoms with E-state index in [1.165, 1.54) is 0 Å². The molecule has 0 aliphatic rings. The second-order valence-corrected chi connectivity index (χ2v) is 2.92. The number of likely N-dealkylation sites (N-methyl/N-ethyl adjacent to an activating group) is 1. The predicted octanol–water partition coefficient (Wildman–Crippen LogP) is -0.652. The van der Waals surface area contributed by atoms with E-state index >= 15 is 0 Å². The summed E-state index contributed by atoms with van der Waals surface area (Å²) in [6.45, 7) is 0.819. The van der Waals surface area contributed by atoms with Crippen LogP contribution in [0.2, 0.25) is 0 Å². The summed E-state index contributed by atoms with van der Waals surface area (Å²) in [5, 5.41) is 8.97. The molecule has 5 nitrogen and oxygen atoms in total. The molecule has 82 valence electrons. The van der Waals surface area contributed by atoms with Gasteiger partial charge in [-0.2, -0.15) is 0 Å². The monoisotopic (exact) mass is 200 g/mol. The van der Waals surface area contributed by atoms with Crippen LogP contribution in [-0.2, 0) is 4.79 Å². The van der Waals surface area contributed by atoms with E-state index in [0.29, 0.717) is 0 Å². The Labute approximate surface area is 85.4 Å². The number of rotatable bonds is 6. The van der Waals surface area contributed by atoms with Gasteiger partial charge < -0.3 is 20.7 Å². The first-order valence-electron chi connectivity index (χ1n) is 4.79. The molecule has 0 aliphatic carbocycles. The van der Waals surface area contributed by atoms with Crippen LogP contribution in [0.25, 0.3) is 0 Å². The van der Waals surface area contributed by atoms with E-state index in [1.54, 1.807) is 14.1 Å². The molecule has 0 unspecified atom stereocenters. The van der Waals surface area contributed by atoms with Crippen molar-refractivity contribution >= 4 is 12.2 Å². The van der Waals surface area contributed by atoms with Crippen molar-refractivity contribution in [1.29, 1.82) is 0 Å². The molecule has 3 N–H and O–H groups in total. The minimum atomic E-state index is -0.0339. The topological polar surface area (TPSA) is 65.5 Å². The average molecular weight is 200 g/mol. The fourth-order valence-electron chi connectivity index (χ4n) is 1.09. The van der Waals surface area contributed by atoms with Gasteiger partial charge in [0.2, 0.25) is 0 Å². The lowest BCUT2D eigenvalue weighted by atomic mass is 10.2. The van der Waals surface area contributed by atoms with Crippen molar-refractivity contribution in [1.82, 2.24) is 16.0 Å². The summed E-state index contributed by atoms with van der Waals surface area (Å²) < 4.78 is 0. The van der Waals surface area contributed by atoms with Gasteiger partial charge in [-0.3, -0.25) is 4.99 Å². The molecule has 0 aromatic carbocycles. The fraction of sp³-hybridized carbons (Fsp3) is 0.778. The zero-order valence-electron chi connectivity index (χ0n) is 9.13. The van der Waals surface area contributed by atoms with E-state index in [1.807, 2.05) is 7.05 Å². The molecule has 0 fully saturated rings. The molecule has 0 heterocycles. The van der Waals surface area contributed by atoms with Gasteiger partial charge >= 0.3 is 0 Å². The highest BCUT2D eigenvalue weighted by Gasteiger charge is 2.02. The first-order chi connectivity index (χ1) is 6.78. The van der Waals surface area contributed by atoms with Crippen LogP contribution in [0.5, 0.6) is 0 Å². The van der Waals surface area contributed by atoms with Gasteiger partial charge in [-0.15, -0.1) is 0 Å². The van der Waals surface area contributed by atoms with Gasteiger partial charge in [-0.05, 0) is 19.9 Å². The number of guanidine groups is 1. The Hall–Kier alpha value is -1.10. The summed E-state index contributed by atoms with van der Waals surface area (Å²) in [5.41, 5.74) is 0. The van der Waals surface area contributed by atoms with Crippen molar-refractivity contribution in [3.8, 4) is 0 Å². The molecule has 0 aliphatic heterocycles. The summed E-state index contributed by atoms with van der Waals surface area (Å²) in [7, 11) is 5.33. The molecule has 1 atom stereocenters. The molecule has 0 saturated heterocycles. The number of hydrogen-bond acceptors (Lipinski definition) is 3. The van der Waals surface area contributed by atoms with Gasteiger partial charge in [0.1, 0.15) is 6.29 Å². The molecule has 0 saturated carbocycles. The number of carbonyl (C=O) groups excluding carboxylic acids is 1. The second-order valence-electron chi connectivity index (χ2n) is 2.92. The van der Waals surface area contributed by atoms with Gasteiger partial charge in [0.15, 0.2) is 5.96 Å². The van der Waals surface area contributed by atoms with Crippen LogP contribution in [0.4, 0.5) is 0 Å². The highest BCUT2D eigenvalue weighted by molar-refractivity contribution is 5.79. The summed E-state index contributed by atoms with van der Waals surface area (Å²) in [5.74, 6) is 0.775. The van der Waals surface area contributed by atoms with Gasteiger partial charge in [-0.1, -0.05) is 0 Å². The Bertz CT molecular complexity index is 182. The van der Waals surface area contributed by atoms with Crippen LogP contribution >= 0.6 is 0 Å². The molecule has 0 radical (unpaired) electrons. The summed E-state index contributed by atoms with van der Waals surface area (Å²) in [6, 6.07) is -0.0339. The van der Waals surface area contributed by atoms with Gasteiger partial charge in [0, 0.05) is 20.6 Å². The van der Waals surface area contributed by atoms with Crippen LogP contribution in [-0.4, -0.2) is 46.0 Å². The van der Waals surface area contributed by atoms with E-state index in [-0.39, 0.29) is 6.04 Å². The molecule has 0 aromatic heterocycles. The van der Waals surface area contributed by atoms with Gasteiger partial charge in [-0.25, -0.2) is 0 Å². The number of carbonyl (C=O) groups is 1.